The van der Waals surface area contributed by atoms with Crippen molar-refractivity contribution in [2.45, 2.75) is 45.4 Å². The summed E-state index contributed by atoms with van der Waals surface area (Å²) in [5.41, 5.74) is 1.25. The molecule has 1 fully saturated rings. The highest BCUT2D eigenvalue weighted by atomic mass is 16.6. The molecule has 2 heterocycles. The van der Waals surface area contributed by atoms with Crippen LogP contribution in [-0.2, 0) is 25.5 Å². The number of fused-ring (bicyclic) bond motifs is 1. The van der Waals surface area contributed by atoms with E-state index in [0.29, 0.717) is 36.2 Å². The minimum atomic E-state index is -1.17. The smallest absolute Gasteiger partial charge is 0.461 e. The van der Waals surface area contributed by atoms with Gasteiger partial charge in [0.25, 0.3) is 5.91 Å². The van der Waals surface area contributed by atoms with Crippen molar-refractivity contribution < 1.29 is 33.8 Å². The fourth-order valence-corrected chi connectivity index (χ4v) is 3.47. The minimum absolute atomic E-state index is 0.123. The van der Waals surface area contributed by atoms with Gasteiger partial charge in [-0.05, 0) is 35.5 Å². The van der Waals surface area contributed by atoms with Crippen molar-refractivity contribution in [2.75, 3.05) is 19.8 Å². The molecule has 2 aliphatic heterocycles. The fourth-order valence-electron chi connectivity index (χ4n) is 3.47. The third-order valence-corrected chi connectivity index (χ3v) is 5.27. The Morgan fingerprint density at radius 2 is 2.14 bits per heavy atom. The van der Waals surface area contributed by atoms with Crippen LogP contribution in [-0.4, -0.2) is 60.6 Å². The first-order valence-corrected chi connectivity index (χ1v) is 9.41. The van der Waals surface area contributed by atoms with Crippen LogP contribution in [0.1, 0.15) is 41.8 Å². The van der Waals surface area contributed by atoms with Crippen LogP contribution >= 0.6 is 0 Å². The highest BCUT2D eigenvalue weighted by Crippen LogP contribution is 2.20. The lowest BCUT2D eigenvalue weighted by atomic mass is 9.75. The Balaban J connectivity index is 1.69. The highest BCUT2D eigenvalue weighted by Gasteiger charge is 2.36. The van der Waals surface area contributed by atoms with Gasteiger partial charge >= 0.3 is 13.1 Å². The average Bonchev–Trinajstić information content (AvgIpc) is 3.24. The third kappa shape index (κ3) is 4.22. The van der Waals surface area contributed by atoms with Gasteiger partial charge in [0.2, 0.25) is 0 Å². The summed E-state index contributed by atoms with van der Waals surface area (Å²) >= 11 is 0. The molecule has 8 nitrogen and oxygen atoms in total. The summed E-state index contributed by atoms with van der Waals surface area (Å²) in [5, 5.41) is 22.9. The molecule has 1 amide bonds. The van der Waals surface area contributed by atoms with E-state index in [1.807, 2.05) is 0 Å². The fraction of sp³-hybridized carbons (Fsp3) is 0.579. The van der Waals surface area contributed by atoms with Crippen molar-refractivity contribution in [2.24, 2.45) is 5.92 Å². The van der Waals surface area contributed by atoms with Crippen LogP contribution in [0.5, 0.6) is 0 Å². The van der Waals surface area contributed by atoms with E-state index >= 15 is 0 Å². The number of rotatable bonds is 6. The van der Waals surface area contributed by atoms with Gasteiger partial charge in [0.1, 0.15) is 18.2 Å². The first-order valence-electron chi connectivity index (χ1n) is 9.41. The van der Waals surface area contributed by atoms with Gasteiger partial charge in [0.15, 0.2) is 0 Å². The molecule has 0 spiro atoms. The van der Waals surface area contributed by atoms with Gasteiger partial charge in [-0.1, -0.05) is 19.9 Å². The molecule has 3 N–H and O–H groups in total. The number of carbonyl (C=O) groups is 2. The zero-order valence-corrected chi connectivity index (χ0v) is 16.4. The van der Waals surface area contributed by atoms with Gasteiger partial charge < -0.3 is 29.6 Å². The molecular formula is C19H26BNO7. The van der Waals surface area contributed by atoms with Crippen LogP contribution in [0.25, 0.3) is 0 Å². The van der Waals surface area contributed by atoms with Crippen molar-refractivity contribution in [3.63, 3.8) is 0 Å². The lowest BCUT2D eigenvalue weighted by Gasteiger charge is -2.25. The molecule has 9 heteroatoms. The number of aliphatic hydroxyl groups is 1. The summed E-state index contributed by atoms with van der Waals surface area (Å²) in [6.45, 7) is 6.01. The van der Waals surface area contributed by atoms with Crippen molar-refractivity contribution in [1.29, 1.82) is 0 Å². The van der Waals surface area contributed by atoms with E-state index in [9.17, 15) is 19.7 Å². The number of ether oxygens (including phenoxy) is 2. The normalized spacial score (nSPS) is 22.3. The molecule has 3 rings (SSSR count). The molecule has 0 aromatic heterocycles. The molecular weight excluding hydrogens is 365 g/mol. The number of carbonyl (C=O) groups excluding carboxylic acids is 2. The number of nitrogens with one attached hydrogen (secondary N) is 1. The summed E-state index contributed by atoms with van der Waals surface area (Å²) < 4.78 is 15.6. The molecule has 2 aliphatic rings. The SMILES string of the molecule is Cc1c(C(=O)NC(C(=O)OCC2(O)CCOC2)C(C)C)ccc2c1B(O)OC2. The maximum absolute atomic E-state index is 12.8. The molecule has 0 bridgehead atoms. The van der Waals surface area contributed by atoms with Gasteiger partial charge in [0.05, 0.1) is 13.2 Å². The molecule has 28 heavy (non-hydrogen) atoms. The van der Waals surface area contributed by atoms with Crippen LogP contribution in [0.3, 0.4) is 0 Å². The van der Waals surface area contributed by atoms with Crippen molar-refractivity contribution in [3.8, 4) is 0 Å². The Kier molecular flexibility index (Phi) is 6.09. The predicted octanol–water partition coefficient (Wildman–Crippen LogP) is -0.338. The lowest BCUT2D eigenvalue weighted by molar-refractivity contribution is -0.154. The zero-order chi connectivity index (χ0) is 20.5. The summed E-state index contributed by atoms with van der Waals surface area (Å²) in [6.07, 6.45) is 0.400. The molecule has 0 saturated carbocycles. The first kappa shape index (κ1) is 20.8. The van der Waals surface area contributed by atoms with E-state index in [2.05, 4.69) is 5.32 Å². The lowest BCUT2D eigenvalue weighted by Crippen LogP contribution is -2.47. The third-order valence-electron chi connectivity index (χ3n) is 5.27. The first-order chi connectivity index (χ1) is 13.2. The van der Waals surface area contributed by atoms with E-state index in [-0.39, 0.29) is 19.1 Å². The highest BCUT2D eigenvalue weighted by molar-refractivity contribution is 6.62. The van der Waals surface area contributed by atoms with Gasteiger partial charge in [-0.15, -0.1) is 0 Å². The van der Waals surface area contributed by atoms with E-state index in [1.165, 1.54) is 0 Å². The topological polar surface area (TPSA) is 114 Å². The molecule has 0 radical (unpaired) electrons. The van der Waals surface area contributed by atoms with E-state index in [0.717, 1.165) is 5.56 Å². The maximum Gasteiger partial charge on any atom is 0.492 e. The van der Waals surface area contributed by atoms with Crippen LogP contribution in [0.2, 0.25) is 0 Å². The average molecular weight is 391 g/mol. The number of hydrogen-bond donors (Lipinski definition) is 3. The van der Waals surface area contributed by atoms with Gasteiger partial charge in [-0.2, -0.15) is 0 Å². The maximum atomic E-state index is 12.8. The van der Waals surface area contributed by atoms with Crippen molar-refractivity contribution in [3.05, 3.63) is 28.8 Å². The largest absolute Gasteiger partial charge is 0.492 e. The molecule has 152 valence electrons. The van der Waals surface area contributed by atoms with Gasteiger partial charge in [0, 0.05) is 18.6 Å². The second kappa shape index (κ2) is 8.20. The number of esters is 1. The Hall–Kier alpha value is -1.94. The second-order valence-corrected chi connectivity index (χ2v) is 7.80. The Bertz CT molecular complexity index is 761. The number of amides is 1. The van der Waals surface area contributed by atoms with E-state index in [1.54, 1.807) is 32.9 Å². The monoisotopic (exact) mass is 391 g/mol. The molecule has 2 unspecified atom stereocenters. The quantitative estimate of drug-likeness (QED) is 0.449. The van der Waals surface area contributed by atoms with Crippen molar-refractivity contribution >= 4 is 24.5 Å². The summed E-state index contributed by atoms with van der Waals surface area (Å²) in [6, 6.07) is 2.53. The molecule has 2 atom stereocenters. The molecule has 0 aliphatic carbocycles. The molecule has 1 aromatic rings. The Labute approximate surface area is 164 Å². The summed E-state index contributed by atoms with van der Waals surface area (Å²) in [5.74, 6) is -1.25. The predicted molar refractivity (Wildman–Crippen MR) is 101 cm³/mol. The zero-order valence-electron chi connectivity index (χ0n) is 16.4. The molecule has 1 aromatic carbocycles. The van der Waals surface area contributed by atoms with Crippen molar-refractivity contribution in [1.82, 2.24) is 5.32 Å². The molecule has 1 saturated heterocycles. The minimum Gasteiger partial charge on any atom is -0.461 e. The standard InChI is InChI=1S/C19H26BNO7/c1-11(2)16(18(23)27-10-19(24)6-7-26-9-19)21-17(22)14-5-4-13-8-28-20(25)15(13)12(14)3/h4-5,11,16,24-25H,6-10H2,1-3H3,(H,21,22). The second-order valence-electron chi connectivity index (χ2n) is 7.80. The summed E-state index contributed by atoms with van der Waals surface area (Å²) in [4.78, 5) is 25.3. The summed E-state index contributed by atoms with van der Waals surface area (Å²) in [7, 11) is -1.05. The van der Waals surface area contributed by atoms with Crippen LogP contribution in [0, 0.1) is 12.8 Å². The van der Waals surface area contributed by atoms with Gasteiger partial charge in [-0.3, -0.25) is 4.79 Å². The Morgan fingerprint density at radius 3 is 2.79 bits per heavy atom. The number of hydrogen-bond acceptors (Lipinski definition) is 7. The van der Waals surface area contributed by atoms with E-state index < -0.39 is 30.6 Å². The number of benzene rings is 1. The van der Waals surface area contributed by atoms with Crippen LogP contribution < -0.4 is 10.8 Å². The Morgan fingerprint density at radius 1 is 1.39 bits per heavy atom. The van der Waals surface area contributed by atoms with Crippen LogP contribution in [0.15, 0.2) is 12.1 Å². The van der Waals surface area contributed by atoms with E-state index in [4.69, 9.17) is 14.1 Å². The van der Waals surface area contributed by atoms with Crippen LogP contribution in [0.4, 0.5) is 0 Å². The van der Waals surface area contributed by atoms with Gasteiger partial charge in [-0.25, -0.2) is 4.79 Å².